The van der Waals surface area contributed by atoms with Gasteiger partial charge >= 0.3 is 6.18 Å². The lowest BCUT2D eigenvalue weighted by molar-refractivity contribution is -0.137. The van der Waals surface area contributed by atoms with Gasteiger partial charge in [-0.25, -0.2) is 9.97 Å². The number of hydrogen-bond acceptors (Lipinski definition) is 5. The topological polar surface area (TPSA) is 69.6 Å². The molecule has 1 aliphatic rings. The average molecular weight is 442 g/mol. The molecule has 166 valence electrons. The van der Waals surface area contributed by atoms with Crippen molar-refractivity contribution in [2.45, 2.75) is 13.1 Å². The molecule has 6 nitrogen and oxygen atoms in total. The molecule has 0 saturated carbocycles. The molecule has 2 heterocycles. The largest absolute Gasteiger partial charge is 0.508 e. The van der Waals surface area contributed by atoms with Crippen molar-refractivity contribution in [3.63, 3.8) is 0 Å². The number of aromatic hydroxyl groups is 1. The molecule has 2 aromatic carbocycles. The molecular formula is C23H21F3N4O2. The summed E-state index contributed by atoms with van der Waals surface area (Å²) in [5, 5.41) is 10.3. The fraction of sp³-hybridized carbons (Fsp3) is 0.261. The summed E-state index contributed by atoms with van der Waals surface area (Å²) in [5.74, 6) is 0.113. The Morgan fingerprint density at radius 3 is 2.47 bits per heavy atom. The lowest BCUT2D eigenvalue weighted by Gasteiger charge is -2.35. The van der Waals surface area contributed by atoms with Crippen LogP contribution in [0.2, 0.25) is 0 Å². The minimum Gasteiger partial charge on any atom is -0.508 e. The number of rotatable bonds is 3. The van der Waals surface area contributed by atoms with Crippen LogP contribution in [0.15, 0.2) is 49.3 Å². The zero-order valence-electron chi connectivity index (χ0n) is 17.4. The molecule has 0 unspecified atom stereocenters. The number of aryl methyl sites for hydroxylation is 1. The van der Waals surface area contributed by atoms with Gasteiger partial charge in [0, 0.05) is 31.6 Å². The average Bonchev–Trinajstić information content (AvgIpc) is 2.77. The van der Waals surface area contributed by atoms with Crippen LogP contribution in [0.3, 0.4) is 0 Å². The van der Waals surface area contributed by atoms with Gasteiger partial charge < -0.3 is 14.9 Å². The maximum absolute atomic E-state index is 13.6. The predicted octanol–water partition coefficient (Wildman–Crippen LogP) is 4.16. The van der Waals surface area contributed by atoms with E-state index < -0.39 is 17.5 Å². The molecular weight excluding hydrogens is 421 g/mol. The summed E-state index contributed by atoms with van der Waals surface area (Å²) < 4.78 is 40.8. The number of amides is 1. The molecule has 1 amide bonds. The van der Waals surface area contributed by atoms with Gasteiger partial charge in [0.15, 0.2) is 0 Å². The normalized spacial score (nSPS) is 14.6. The van der Waals surface area contributed by atoms with E-state index >= 15 is 0 Å². The van der Waals surface area contributed by atoms with Gasteiger partial charge in [-0.2, -0.15) is 13.2 Å². The SMILES string of the molecule is C=CC(=O)N1CCN(c2ncnc3cc(-c4ccc(O)cc4C(F)(F)F)c(C)cc23)CC1. The zero-order chi connectivity index (χ0) is 23.0. The molecule has 1 N–H and O–H groups in total. The van der Waals surface area contributed by atoms with E-state index in [-0.39, 0.29) is 11.5 Å². The van der Waals surface area contributed by atoms with E-state index in [1.54, 1.807) is 24.0 Å². The molecule has 0 radical (unpaired) electrons. The third kappa shape index (κ3) is 3.98. The number of piperazine rings is 1. The van der Waals surface area contributed by atoms with E-state index in [1.807, 2.05) is 4.90 Å². The number of carbonyl (C=O) groups excluding carboxylic acids is 1. The van der Waals surface area contributed by atoms with E-state index in [1.165, 1.54) is 24.5 Å². The van der Waals surface area contributed by atoms with Crippen molar-refractivity contribution in [2.24, 2.45) is 0 Å². The van der Waals surface area contributed by atoms with Crippen molar-refractivity contribution in [3.8, 4) is 16.9 Å². The Hall–Kier alpha value is -3.62. The zero-order valence-corrected chi connectivity index (χ0v) is 17.4. The molecule has 0 spiro atoms. The van der Waals surface area contributed by atoms with Gasteiger partial charge in [0.05, 0.1) is 11.1 Å². The maximum Gasteiger partial charge on any atom is 0.417 e. The Kier molecular flexibility index (Phi) is 5.50. The van der Waals surface area contributed by atoms with Crippen LogP contribution in [0.25, 0.3) is 22.0 Å². The number of anilines is 1. The second-order valence-electron chi connectivity index (χ2n) is 7.63. The first-order valence-electron chi connectivity index (χ1n) is 10.0. The van der Waals surface area contributed by atoms with Crippen molar-refractivity contribution >= 4 is 22.6 Å². The summed E-state index contributed by atoms with van der Waals surface area (Å²) in [6, 6.07) is 6.64. The molecule has 4 rings (SSSR count). The predicted molar refractivity (Wildman–Crippen MR) is 115 cm³/mol. The number of phenolic OH excluding ortho intramolecular Hbond substituents is 1. The van der Waals surface area contributed by atoms with Crippen LogP contribution in [0.5, 0.6) is 5.75 Å². The van der Waals surface area contributed by atoms with E-state index in [0.29, 0.717) is 48.6 Å². The van der Waals surface area contributed by atoms with Gasteiger partial charge in [-0.1, -0.05) is 12.6 Å². The summed E-state index contributed by atoms with van der Waals surface area (Å²) in [7, 11) is 0. The first kappa shape index (κ1) is 21.6. The number of aromatic nitrogens is 2. The summed E-state index contributed by atoms with van der Waals surface area (Å²) >= 11 is 0. The van der Waals surface area contributed by atoms with Crippen molar-refractivity contribution in [1.29, 1.82) is 0 Å². The fourth-order valence-corrected chi connectivity index (χ4v) is 4.01. The monoisotopic (exact) mass is 442 g/mol. The van der Waals surface area contributed by atoms with E-state index in [9.17, 15) is 23.1 Å². The summed E-state index contributed by atoms with van der Waals surface area (Å²) in [6.07, 6.45) is -1.94. The Balaban J connectivity index is 1.75. The molecule has 32 heavy (non-hydrogen) atoms. The number of alkyl halides is 3. The highest BCUT2D eigenvalue weighted by molar-refractivity contribution is 5.94. The molecule has 9 heteroatoms. The highest BCUT2D eigenvalue weighted by Gasteiger charge is 2.34. The van der Waals surface area contributed by atoms with Crippen LogP contribution in [0.4, 0.5) is 19.0 Å². The first-order valence-corrected chi connectivity index (χ1v) is 10.0. The third-order valence-electron chi connectivity index (χ3n) is 5.62. The van der Waals surface area contributed by atoms with Gasteiger partial charge in [-0.3, -0.25) is 4.79 Å². The summed E-state index contributed by atoms with van der Waals surface area (Å²) in [5.41, 5.74) is 0.603. The van der Waals surface area contributed by atoms with E-state index in [0.717, 1.165) is 11.5 Å². The highest BCUT2D eigenvalue weighted by atomic mass is 19.4. The number of fused-ring (bicyclic) bond motifs is 1. The van der Waals surface area contributed by atoms with E-state index in [4.69, 9.17) is 0 Å². The molecule has 0 aliphatic carbocycles. The van der Waals surface area contributed by atoms with Crippen molar-refractivity contribution in [2.75, 3.05) is 31.1 Å². The Labute approximate surface area is 182 Å². The lowest BCUT2D eigenvalue weighted by Crippen LogP contribution is -2.48. The second-order valence-corrected chi connectivity index (χ2v) is 7.63. The van der Waals surface area contributed by atoms with E-state index in [2.05, 4.69) is 16.5 Å². The second kappa shape index (κ2) is 8.14. The van der Waals surface area contributed by atoms with Crippen LogP contribution in [-0.2, 0) is 11.0 Å². The van der Waals surface area contributed by atoms with Crippen LogP contribution in [0.1, 0.15) is 11.1 Å². The first-order chi connectivity index (χ1) is 15.2. The van der Waals surface area contributed by atoms with Gasteiger partial charge in [0.1, 0.15) is 17.9 Å². The van der Waals surface area contributed by atoms with Crippen molar-refractivity contribution in [1.82, 2.24) is 14.9 Å². The number of phenols is 1. The smallest absolute Gasteiger partial charge is 0.417 e. The van der Waals surface area contributed by atoms with Gasteiger partial charge in [0.2, 0.25) is 5.91 Å². The molecule has 0 bridgehead atoms. The third-order valence-corrected chi connectivity index (χ3v) is 5.62. The van der Waals surface area contributed by atoms with Gasteiger partial charge in [0.25, 0.3) is 0 Å². The molecule has 3 aromatic rings. The molecule has 1 aliphatic heterocycles. The summed E-state index contributed by atoms with van der Waals surface area (Å²) in [6.45, 7) is 7.44. The minimum absolute atomic E-state index is 0.0218. The molecule has 1 saturated heterocycles. The van der Waals surface area contributed by atoms with Crippen LogP contribution >= 0.6 is 0 Å². The minimum atomic E-state index is -4.62. The Bertz CT molecular complexity index is 1200. The van der Waals surface area contributed by atoms with Gasteiger partial charge in [-0.15, -0.1) is 0 Å². The number of halogens is 3. The van der Waals surface area contributed by atoms with Gasteiger partial charge in [-0.05, 0) is 54.0 Å². The quantitative estimate of drug-likeness (QED) is 0.617. The molecule has 1 fully saturated rings. The summed E-state index contributed by atoms with van der Waals surface area (Å²) in [4.78, 5) is 24.3. The van der Waals surface area contributed by atoms with Crippen LogP contribution < -0.4 is 4.90 Å². The maximum atomic E-state index is 13.6. The number of nitrogens with zero attached hydrogens (tertiary/aromatic N) is 4. The molecule has 0 atom stereocenters. The number of hydrogen-bond donors (Lipinski definition) is 1. The Morgan fingerprint density at radius 2 is 1.81 bits per heavy atom. The van der Waals surface area contributed by atoms with Crippen LogP contribution in [-0.4, -0.2) is 52.1 Å². The van der Waals surface area contributed by atoms with Crippen molar-refractivity contribution in [3.05, 3.63) is 60.4 Å². The standard InChI is InChI=1S/C23H21F3N4O2/c1-3-21(32)29-6-8-30(9-7-29)22-18-10-14(2)17(12-20(18)27-13-28-22)16-5-4-15(31)11-19(16)23(24,25)26/h3-5,10-13,31H,1,6-9H2,2H3. The van der Waals surface area contributed by atoms with Crippen LogP contribution in [0, 0.1) is 6.92 Å². The lowest BCUT2D eigenvalue weighted by atomic mass is 9.94. The molecule has 1 aromatic heterocycles. The number of carbonyl (C=O) groups is 1. The fourth-order valence-electron chi connectivity index (χ4n) is 4.01. The highest BCUT2D eigenvalue weighted by Crippen LogP contribution is 2.41. The van der Waals surface area contributed by atoms with Crippen molar-refractivity contribution < 1.29 is 23.1 Å². The Morgan fingerprint density at radius 1 is 1.09 bits per heavy atom. The number of benzene rings is 2.